The number of anilines is 1. The molecule has 0 aromatic heterocycles. The maximum Gasteiger partial charge on any atom is 0.257 e. The predicted molar refractivity (Wildman–Crippen MR) is 95.0 cm³/mol. The summed E-state index contributed by atoms with van der Waals surface area (Å²) < 4.78 is 13.9. The van der Waals surface area contributed by atoms with Crippen molar-refractivity contribution in [2.45, 2.75) is 32.7 Å². The van der Waals surface area contributed by atoms with E-state index in [0.29, 0.717) is 18.7 Å². The molecule has 5 heteroatoms. The zero-order valence-electron chi connectivity index (χ0n) is 14.4. The molecule has 2 aromatic carbocycles. The van der Waals surface area contributed by atoms with E-state index >= 15 is 0 Å². The van der Waals surface area contributed by atoms with Gasteiger partial charge < -0.3 is 10.2 Å². The Morgan fingerprint density at radius 1 is 1.12 bits per heavy atom. The number of amides is 2. The average molecular weight is 340 g/mol. The highest BCUT2D eigenvalue weighted by atomic mass is 19.1. The van der Waals surface area contributed by atoms with E-state index in [0.717, 1.165) is 17.5 Å². The van der Waals surface area contributed by atoms with Crippen LogP contribution in [0.4, 0.5) is 10.1 Å². The number of hydrogen-bond donors (Lipinski definition) is 1. The monoisotopic (exact) mass is 340 g/mol. The molecule has 25 heavy (non-hydrogen) atoms. The standard InChI is InChI=1S/C20H21FN2O2/c1-13-10-14(2)12-15(11-13)22-19(24)18-8-5-9-23(18)20(25)16-6-3-4-7-17(16)21/h3-4,6-7,10-12,18H,5,8-9H2,1-2H3,(H,22,24)/t18-/m0/s1. The molecule has 0 aliphatic carbocycles. The van der Waals surface area contributed by atoms with E-state index < -0.39 is 17.8 Å². The van der Waals surface area contributed by atoms with Gasteiger partial charge in [-0.2, -0.15) is 0 Å². The van der Waals surface area contributed by atoms with Crippen molar-refractivity contribution in [3.8, 4) is 0 Å². The Kier molecular flexibility index (Phi) is 4.83. The summed E-state index contributed by atoms with van der Waals surface area (Å²) in [4.78, 5) is 26.8. The van der Waals surface area contributed by atoms with Crippen LogP contribution in [-0.2, 0) is 4.79 Å². The van der Waals surface area contributed by atoms with Gasteiger partial charge in [0.25, 0.3) is 5.91 Å². The van der Waals surface area contributed by atoms with Crippen LogP contribution in [0.15, 0.2) is 42.5 Å². The highest BCUT2D eigenvalue weighted by Crippen LogP contribution is 2.23. The number of nitrogens with one attached hydrogen (secondary N) is 1. The minimum absolute atomic E-state index is 0.00796. The minimum atomic E-state index is -0.576. The predicted octanol–water partition coefficient (Wildman–Crippen LogP) is 3.69. The van der Waals surface area contributed by atoms with Gasteiger partial charge in [0.15, 0.2) is 0 Å². The van der Waals surface area contributed by atoms with Crippen molar-refractivity contribution in [1.82, 2.24) is 4.90 Å². The zero-order chi connectivity index (χ0) is 18.0. The maximum atomic E-state index is 13.9. The van der Waals surface area contributed by atoms with Crippen LogP contribution in [0.5, 0.6) is 0 Å². The molecule has 1 saturated heterocycles. The fourth-order valence-electron chi connectivity index (χ4n) is 3.34. The molecule has 1 fully saturated rings. The molecule has 1 N–H and O–H groups in total. The lowest BCUT2D eigenvalue weighted by molar-refractivity contribution is -0.119. The fraction of sp³-hybridized carbons (Fsp3) is 0.300. The lowest BCUT2D eigenvalue weighted by Gasteiger charge is -2.24. The van der Waals surface area contributed by atoms with E-state index in [-0.39, 0.29) is 11.5 Å². The molecule has 0 bridgehead atoms. The Morgan fingerprint density at radius 2 is 1.80 bits per heavy atom. The highest BCUT2D eigenvalue weighted by molar-refractivity contribution is 6.01. The summed E-state index contributed by atoms with van der Waals surface area (Å²) in [5, 5.41) is 2.89. The number of likely N-dealkylation sites (tertiary alicyclic amines) is 1. The fourth-order valence-corrected chi connectivity index (χ4v) is 3.34. The van der Waals surface area contributed by atoms with Crippen molar-refractivity contribution in [1.29, 1.82) is 0 Å². The molecule has 0 radical (unpaired) electrons. The Hall–Kier alpha value is -2.69. The molecule has 0 unspecified atom stereocenters. The van der Waals surface area contributed by atoms with Crippen LogP contribution in [0.2, 0.25) is 0 Å². The summed E-state index contributed by atoms with van der Waals surface area (Å²) in [5.74, 6) is -1.23. The van der Waals surface area contributed by atoms with Crippen LogP contribution in [0.3, 0.4) is 0 Å². The number of carbonyl (C=O) groups excluding carboxylic acids is 2. The quantitative estimate of drug-likeness (QED) is 0.926. The molecule has 130 valence electrons. The molecule has 4 nitrogen and oxygen atoms in total. The molecule has 1 atom stereocenters. The van der Waals surface area contributed by atoms with E-state index in [9.17, 15) is 14.0 Å². The van der Waals surface area contributed by atoms with E-state index in [2.05, 4.69) is 5.32 Å². The smallest absolute Gasteiger partial charge is 0.257 e. The molecule has 1 aliphatic heterocycles. The van der Waals surface area contributed by atoms with Crippen LogP contribution >= 0.6 is 0 Å². The Morgan fingerprint density at radius 3 is 2.48 bits per heavy atom. The highest BCUT2D eigenvalue weighted by Gasteiger charge is 2.35. The normalized spacial score (nSPS) is 16.8. The number of nitrogens with zero attached hydrogens (tertiary/aromatic N) is 1. The first kappa shape index (κ1) is 17.1. The van der Waals surface area contributed by atoms with Gasteiger partial charge in [-0.3, -0.25) is 9.59 Å². The number of hydrogen-bond acceptors (Lipinski definition) is 2. The van der Waals surface area contributed by atoms with Crippen LogP contribution in [0, 0.1) is 19.7 Å². The molecule has 3 rings (SSSR count). The Labute approximate surface area is 146 Å². The van der Waals surface area contributed by atoms with Crippen molar-refractivity contribution in [3.05, 3.63) is 65.0 Å². The molecular weight excluding hydrogens is 319 g/mol. The van der Waals surface area contributed by atoms with Gasteiger partial charge in [-0.05, 0) is 62.1 Å². The van der Waals surface area contributed by atoms with Gasteiger partial charge in [-0.1, -0.05) is 18.2 Å². The van der Waals surface area contributed by atoms with Crippen molar-refractivity contribution >= 4 is 17.5 Å². The minimum Gasteiger partial charge on any atom is -0.327 e. The number of aryl methyl sites for hydroxylation is 2. The third kappa shape index (κ3) is 3.71. The molecule has 0 saturated carbocycles. The van der Waals surface area contributed by atoms with Gasteiger partial charge in [0.1, 0.15) is 11.9 Å². The molecule has 0 spiro atoms. The van der Waals surface area contributed by atoms with Crippen molar-refractivity contribution in [2.75, 3.05) is 11.9 Å². The summed E-state index contributed by atoms with van der Waals surface area (Å²) in [5.41, 5.74) is 2.84. The maximum absolute atomic E-state index is 13.9. The molecule has 2 aromatic rings. The van der Waals surface area contributed by atoms with Crippen LogP contribution in [0.25, 0.3) is 0 Å². The first-order chi connectivity index (χ1) is 12.0. The number of halogens is 1. The summed E-state index contributed by atoms with van der Waals surface area (Å²) in [6.07, 6.45) is 1.31. The second kappa shape index (κ2) is 7.05. The SMILES string of the molecule is Cc1cc(C)cc(NC(=O)[C@@H]2CCCN2C(=O)c2ccccc2F)c1. The molecule has 2 amide bonds. The van der Waals surface area contributed by atoms with E-state index in [1.165, 1.54) is 17.0 Å². The topological polar surface area (TPSA) is 49.4 Å². The third-order valence-electron chi connectivity index (χ3n) is 4.41. The Balaban J connectivity index is 1.78. The van der Waals surface area contributed by atoms with Crippen molar-refractivity contribution in [3.63, 3.8) is 0 Å². The van der Waals surface area contributed by atoms with E-state index in [1.54, 1.807) is 12.1 Å². The molecule has 1 aliphatic rings. The molecule has 1 heterocycles. The zero-order valence-corrected chi connectivity index (χ0v) is 14.4. The van der Waals surface area contributed by atoms with Crippen LogP contribution < -0.4 is 5.32 Å². The summed E-state index contributed by atoms with van der Waals surface area (Å²) in [6.45, 7) is 4.39. The first-order valence-corrected chi connectivity index (χ1v) is 8.40. The van der Waals surface area contributed by atoms with Gasteiger partial charge in [-0.25, -0.2) is 4.39 Å². The third-order valence-corrected chi connectivity index (χ3v) is 4.41. The summed E-state index contributed by atoms with van der Waals surface area (Å²) >= 11 is 0. The molecular formula is C20H21FN2O2. The average Bonchev–Trinajstić information content (AvgIpc) is 3.03. The number of rotatable bonds is 3. The summed E-state index contributed by atoms with van der Waals surface area (Å²) in [7, 11) is 0. The lowest BCUT2D eigenvalue weighted by Crippen LogP contribution is -2.43. The number of benzene rings is 2. The van der Waals surface area contributed by atoms with Crippen molar-refractivity contribution in [2.24, 2.45) is 0 Å². The van der Waals surface area contributed by atoms with Gasteiger partial charge in [0.2, 0.25) is 5.91 Å². The Bertz CT molecular complexity index is 799. The van der Waals surface area contributed by atoms with Crippen molar-refractivity contribution < 1.29 is 14.0 Å². The second-order valence-electron chi connectivity index (χ2n) is 6.50. The van der Waals surface area contributed by atoms with Gasteiger partial charge in [-0.15, -0.1) is 0 Å². The van der Waals surface area contributed by atoms with E-state index in [1.807, 2.05) is 32.0 Å². The number of carbonyl (C=O) groups is 2. The lowest BCUT2D eigenvalue weighted by atomic mass is 10.1. The van der Waals surface area contributed by atoms with Gasteiger partial charge in [0, 0.05) is 12.2 Å². The second-order valence-corrected chi connectivity index (χ2v) is 6.50. The summed E-state index contributed by atoms with van der Waals surface area (Å²) in [6, 6.07) is 11.1. The van der Waals surface area contributed by atoms with Gasteiger partial charge >= 0.3 is 0 Å². The van der Waals surface area contributed by atoms with Gasteiger partial charge in [0.05, 0.1) is 5.56 Å². The van der Waals surface area contributed by atoms with E-state index in [4.69, 9.17) is 0 Å². The first-order valence-electron chi connectivity index (χ1n) is 8.40. The largest absolute Gasteiger partial charge is 0.327 e. The van der Waals surface area contributed by atoms with Crippen LogP contribution in [-0.4, -0.2) is 29.3 Å². The van der Waals surface area contributed by atoms with Crippen LogP contribution in [0.1, 0.15) is 34.3 Å².